The fourth-order valence-corrected chi connectivity index (χ4v) is 7.26. The Morgan fingerprint density at radius 2 is 1.65 bits per heavy atom. The highest BCUT2D eigenvalue weighted by molar-refractivity contribution is 6.62. The molecule has 4 aliphatic rings. The zero-order chi connectivity index (χ0) is 39.7. The van der Waals surface area contributed by atoms with E-state index in [4.69, 9.17) is 33.2 Å². The maximum atomic E-state index is 14.6. The molecule has 1 aromatic heterocycles. The molecule has 294 valence electrons. The molecule has 2 saturated heterocycles. The van der Waals surface area contributed by atoms with Gasteiger partial charge in [-0.1, -0.05) is 51.1 Å². The Labute approximate surface area is 322 Å². The molecule has 7 rings (SSSR count). The largest absolute Gasteiger partial charge is 0.494 e. The Balaban J connectivity index is 1.11. The number of fused-ring (bicyclic) bond motifs is 3. The molecule has 0 radical (unpaired) electrons. The zero-order valence-corrected chi connectivity index (χ0v) is 33.4. The normalized spacial score (nSPS) is 21.7. The Bertz CT molecular complexity index is 1950. The number of amides is 3. The van der Waals surface area contributed by atoms with Crippen LogP contribution in [0.25, 0.3) is 11.3 Å². The number of aromatic amines is 1. The molecule has 0 spiro atoms. The summed E-state index contributed by atoms with van der Waals surface area (Å²) in [4.78, 5) is 52.7. The van der Waals surface area contributed by atoms with Gasteiger partial charge in [0.2, 0.25) is 12.7 Å². The highest BCUT2D eigenvalue weighted by Crippen LogP contribution is 2.42. The van der Waals surface area contributed by atoms with E-state index >= 15 is 0 Å². The molecule has 0 aliphatic carbocycles. The van der Waals surface area contributed by atoms with Crippen molar-refractivity contribution in [1.29, 1.82) is 0 Å². The van der Waals surface area contributed by atoms with Crippen LogP contribution in [0.5, 0.6) is 11.5 Å². The molecule has 3 atom stereocenters. The lowest BCUT2D eigenvalue weighted by molar-refractivity contribution is -0.137. The average Bonchev–Trinajstić information content (AvgIpc) is 3.91. The molecular weight excluding hydrogens is 705 g/mol. The van der Waals surface area contributed by atoms with E-state index in [1.807, 2.05) is 84.9 Å². The number of nitrogens with zero attached hydrogens (tertiary/aromatic N) is 3. The third-order valence-electron chi connectivity index (χ3n) is 10.9. The van der Waals surface area contributed by atoms with Crippen LogP contribution in [0, 0.1) is 5.41 Å². The first-order valence-corrected chi connectivity index (χ1v) is 18.9. The number of nitrogens with one attached hydrogen (secondary N) is 2. The molecule has 14 nitrogen and oxygen atoms in total. The number of benzene rings is 2. The maximum absolute atomic E-state index is 14.6. The van der Waals surface area contributed by atoms with Crippen LogP contribution in [0.15, 0.2) is 42.6 Å². The first-order chi connectivity index (χ1) is 25.7. The summed E-state index contributed by atoms with van der Waals surface area (Å²) in [5.41, 5.74) is 1.95. The number of H-pyrrole nitrogens is 1. The minimum Gasteiger partial charge on any atom is -0.454 e. The van der Waals surface area contributed by atoms with E-state index in [1.54, 1.807) is 36.8 Å². The second-order valence-corrected chi connectivity index (χ2v) is 17.9. The van der Waals surface area contributed by atoms with Crippen molar-refractivity contribution in [1.82, 2.24) is 25.1 Å². The first kappa shape index (κ1) is 38.5. The van der Waals surface area contributed by atoms with Crippen LogP contribution in [-0.4, -0.2) is 87.3 Å². The van der Waals surface area contributed by atoms with Crippen molar-refractivity contribution >= 4 is 30.7 Å². The highest BCUT2D eigenvalue weighted by Gasteiger charge is 2.52. The van der Waals surface area contributed by atoms with Gasteiger partial charge < -0.3 is 43.5 Å². The van der Waals surface area contributed by atoms with Gasteiger partial charge in [0.25, 0.3) is 0 Å². The summed E-state index contributed by atoms with van der Waals surface area (Å²) < 4.78 is 35.3. The lowest BCUT2D eigenvalue weighted by atomic mass is 9.79. The second kappa shape index (κ2) is 13.8. The van der Waals surface area contributed by atoms with E-state index < -0.39 is 59.7 Å². The van der Waals surface area contributed by atoms with Crippen molar-refractivity contribution in [3.63, 3.8) is 0 Å². The van der Waals surface area contributed by atoms with E-state index in [9.17, 15) is 14.4 Å². The molecule has 3 aromatic rings. The number of hydrogen-bond donors (Lipinski definition) is 2. The van der Waals surface area contributed by atoms with Gasteiger partial charge in [-0.15, -0.1) is 0 Å². The first-order valence-electron chi connectivity index (χ1n) is 18.9. The summed E-state index contributed by atoms with van der Waals surface area (Å²) in [5, 5.41) is 2.82. The van der Waals surface area contributed by atoms with Crippen LogP contribution in [0.3, 0.4) is 0 Å². The van der Waals surface area contributed by atoms with Gasteiger partial charge in [0.1, 0.15) is 23.6 Å². The highest BCUT2D eigenvalue weighted by atomic mass is 16.7. The molecule has 2 N–H and O–H groups in total. The van der Waals surface area contributed by atoms with Gasteiger partial charge >= 0.3 is 19.3 Å². The standard InChI is InChI=1S/C40H52BN5O9/c1-37(2,3)32(44-35(48)53-38(4,5)6)34(47)46-20-26(52-36(49)45-19-24-13-16-30-31(27(24)21-45)51-22-50-30)17-29(46)33-42-18-28(43-33)23-11-14-25(15-12-23)41-54-39(7,8)40(9,10)55-41/h11-16,18,26,29,32H,17,19-22H2,1-10H3,(H,42,43)(H,44,48)/t26-,29+,32-/m1/s1. The molecular formula is C40H52BN5O9. The Kier molecular flexibility index (Phi) is 9.64. The van der Waals surface area contributed by atoms with Crippen LogP contribution in [0.2, 0.25) is 0 Å². The predicted molar refractivity (Wildman–Crippen MR) is 204 cm³/mol. The summed E-state index contributed by atoms with van der Waals surface area (Å²) >= 11 is 0. The Morgan fingerprint density at radius 3 is 2.31 bits per heavy atom. The van der Waals surface area contributed by atoms with Gasteiger partial charge in [0, 0.05) is 30.3 Å². The van der Waals surface area contributed by atoms with Crippen molar-refractivity contribution < 1.29 is 42.6 Å². The van der Waals surface area contributed by atoms with Crippen molar-refractivity contribution in [3.8, 4) is 22.8 Å². The molecule has 0 saturated carbocycles. The van der Waals surface area contributed by atoms with E-state index in [1.165, 1.54) is 0 Å². The maximum Gasteiger partial charge on any atom is 0.494 e. The number of aromatic nitrogens is 2. The molecule has 2 aromatic carbocycles. The van der Waals surface area contributed by atoms with Gasteiger partial charge in [-0.25, -0.2) is 14.6 Å². The van der Waals surface area contributed by atoms with Crippen molar-refractivity contribution in [2.75, 3.05) is 13.3 Å². The van der Waals surface area contributed by atoms with Crippen LogP contribution in [0.4, 0.5) is 9.59 Å². The summed E-state index contributed by atoms with van der Waals surface area (Å²) in [5.74, 6) is 1.51. The third kappa shape index (κ3) is 7.73. The Hall–Kier alpha value is -4.76. The molecule has 0 unspecified atom stereocenters. The van der Waals surface area contributed by atoms with Gasteiger partial charge in [0.05, 0.1) is 36.0 Å². The Morgan fingerprint density at radius 1 is 0.964 bits per heavy atom. The number of carbonyl (C=O) groups excluding carboxylic acids is 3. The lowest BCUT2D eigenvalue weighted by Gasteiger charge is -2.35. The molecule has 0 bridgehead atoms. The monoisotopic (exact) mass is 757 g/mol. The minimum absolute atomic E-state index is 0.101. The average molecular weight is 758 g/mol. The molecule has 4 aliphatic heterocycles. The topological polar surface area (TPSA) is 154 Å². The number of likely N-dealkylation sites (tertiary alicyclic amines) is 1. The van der Waals surface area contributed by atoms with E-state index in [0.717, 1.165) is 22.2 Å². The summed E-state index contributed by atoms with van der Waals surface area (Å²) in [7, 11) is -0.491. The van der Waals surface area contributed by atoms with Crippen LogP contribution >= 0.6 is 0 Å². The number of ether oxygens (including phenoxy) is 4. The number of hydrogen-bond acceptors (Lipinski definition) is 10. The molecule has 15 heteroatoms. The molecule has 55 heavy (non-hydrogen) atoms. The van der Waals surface area contributed by atoms with Crippen LogP contribution in [-0.2, 0) is 36.7 Å². The zero-order valence-electron chi connectivity index (χ0n) is 33.4. The van der Waals surface area contributed by atoms with Crippen molar-refractivity contribution in [2.45, 2.75) is 124 Å². The van der Waals surface area contributed by atoms with Crippen LogP contribution in [0.1, 0.15) is 98.7 Å². The van der Waals surface area contributed by atoms with E-state index in [0.29, 0.717) is 42.5 Å². The summed E-state index contributed by atoms with van der Waals surface area (Å²) in [6, 6.07) is 10.1. The molecule has 5 heterocycles. The number of imidazole rings is 1. The number of alkyl carbamates (subject to hydrolysis) is 1. The van der Waals surface area contributed by atoms with Gasteiger partial charge in [-0.2, -0.15) is 0 Å². The predicted octanol–water partition coefficient (Wildman–Crippen LogP) is 5.84. The van der Waals surface area contributed by atoms with Gasteiger partial charge in [-0.3, -0.25) is 9.69 Å². The summed E-state index contributed by atoms with van der Waals surface area (Å²) in [6.07, 6.45) is 0.251. The fourth-order valence-electron chi connectivity index (χ4n) is 7.26. The third-order valence-corrected chi connectivity index (χ3v) is 10.9. The molecule has 2 fully saturated rings. The van der Waals surface area contributed by atoms with Crippen molar-refractivity contribution in [2.24, 2.45) is 5.41 Å². The number of rotatable bonds is 6. The quantitative estimate of drug-likeness (QED) is 0.294. The minimum atomic E-state index is -0.950. The van der Waals surface area contributed by atoms with Crippen LogP contribution < -0.4 is 20.3 Å². The molecule has 3 amide bonds. The fraction of sp³-hybridized carbons (Fsp3) is 0.550. The van der Waals surface area contributed by atoms with Gasteiger partial charge in [-0.05, 0) is 71.0 Å². The smallest absolute Gasteiger partial charge is 0.454 e. The lowest BCUT2D eigenvalue weighted by Crippen LogP contribution is -2.55. The van der Waals surface area contributed by atoms with E-state index in [2.05, 4.69) is 10.3 Å². The van der Waals surface area contributed by atoms with Crippen molar-refractivity contribution in [3.05, 3.63) is 59.5 Å². The van der Waals surface area contributed by atoms with E-state index in [-0.39, 0.29) is 19.2 Å². The van der Waals surface area contributed by atoms with Gasteiger partial charge in [0.15, 0.2) is 11.5 Å². The summed E-state index contributed by atoms with van der Waals surface area (Å²) in [6.45, 7) is 20.0. The second-order valence-electron chi connectivity index (χ2n) is 17.9. The SMILES string of the molecule is CC(C)(C)OC(=O)N[C@H](C(=O)N1C[C@H](OC(=O)N2Cc3ccc4c(c3C2)OCO4)C[C@H]1c1nc(-c2ccc(B3OC(C)(C)C(C)(C)O3)cc2)c[nH]1)C(C)(C)C. The number of carbonyl (C=O) groups is 3.